The first-order valence-electron chi connectivity index (χ1n) is 6.76. The van der Waals surface area contributed by atoms with Gasteiger partial charge in [-0.25, -0.2) is 12.8 Å². The smallest absolute Gasteiger partial charge is 0.245 e. The predicted octanol–water partition coefficient (Wildman–Crippen LogP) is 0.935. The number of nitrogen functional groups attached to an aromatic ring is 1. The second-order valence-electron chi connectivity index (χ2n) is 5.20. The molecule has 2 heterocycles. The van der Waals surface area contributed by atoms with E-state index in [9.17, 15) is 12.8 Å². The van der Waals surface area contributed by atoms with Crippen molar-refractivity contribution in [3.8, 4) is 0 Å². The van der Waals surface area contributed by atoms with E-state index in [4.69, 9.17) is 15.2 Å². The number of halogens is 1. The molecule has 0 unspecified atom stereocenters. The van der Waals surface area contributed by atoms with Crippen molar-refractivity contribution in [2.75, 3.05) is 32.0 Å². The van der Waals surface area contributed by atoms with Crippen molar-refractivity contribution in [3.63, 3.8) is 0 Å². The molecule has 2 fully saturated rings. The van der Waals surface area contributed by atoms with E-state index < -0.39 is 21.6 Å². The van der Waals surface area contributed by atoms with Gasteiger partial charge in [0.05, 0.1) is 13.2 Å². The van der Waals surface area contributed by atoms with E-state index in [0.717, 1.165) is 6.07 Å². The van der Waals surface area contributed by atoms with Gasteiger partial charge in [-0.15, -0.1) is 0 Å². The van der Waals surface area contributed by atoms with Crippen molar-refractivity contribution < 1.29 is 22.3 Å². The summed E-state index contributed by atoms with van der Waals surface area (Å²) in [6.45, 7) is 1.54. The van der Waals surface area contributed by atoms with Crippen LogP contribution < -0.4 is 5.73 Å². The Hall–Kier alpha value is -1.22. The molecular weight excluding hydrogens is 299 g/mol. The highest BCUT2D eigenvalue weighted by atomic mass is 32.2. The minimum absolute atomic E-state index is 0.191. The lowest BCUT2D eigenvalue weighted by Crippen LogP contribution is -2.47. The molecule has 6 nitrogen and oxygen atoms in total. The van der Waals surface area contributed by atoms with E-state index in [2.05, 4.69) is 0 Å². The zero-order chi connectivity index (χ0) is 15.1. The van der Waals surface area contributed by atoms with Crippen molar-refractivity contribution >= 4 is 15.7 Å². The van der Waals surface area contributed by atoms with Crippen LogP contribution in [0, 0.1) is 5.82 Å². The minimum atomic E-state index is -3.86. The molecule has 0 bridgehead atoms. The van der Waals surface area contributed by atoms with E-state index in [1.54, 1.807) is 0 Å². The lowest BCUT2D eigenvalue weighted by atomic mass is 10.1. The molecule has 3 rings (SSSR count). The molecule has 8 heteroatoms. The number of ether oxygens (including phenoxy) is 2. The molecule has 0 aromatic heterocycles. The average Bonchev–Trinajstić information content (AvgIpc) is 2.87. The van der Waals surface area contributed by atoms with Gasteiger partial charge in [-0.05, 0) is 18.2 Å². The summed E-state index contributed by atoms with van der Waals surface area (Å²) < 4.78 is 51.2. The topological polar surface area (TPSA) is 81.9 Å². The maximum Gasteiger partial charge on any atom is 0.245 e. The largest absolute Gasteiger partial charge is 0.399 e. The van der Waals surface area contributed by atoms with Gasteiger partial charge in [-0.2, -0.15) is 4.31 Å². The van der Waals surface area contributed by atoms with Gasteiger partial charge in [0.15, 0.2) is 5.79 Å². The highest BCUT2D eigenvalue weighted by molar-refractivity contribution is 7.89. The van der Waals surface area contributed by atoms with Gasteiger partial charge in [-0.1, -0.05) is 0 Å². The molecule has 1 spiro atoms. The minimum Gasteiger partial charge on any atom is -0.399 e. The number of piperidine rings is 1. The Morgan fingerprint density at radius 1 is 1.19 bits per heavy atom. The van der Waals surface area contributed by atoms with Gasteiger partial charge >= 0.3 is 0 Å². The molecule has 0 amide bonds. The lowest BCUT2D eigenvalue weighted by Gasteiger charge is -2.36. The van der Waals surface area contributed by atoms with Gasteiger partial charge in [0, 0.05) is 31.6 Å². The monoisotopic (exact) mass is 316 g/mol. The molecule has 2 N–H and O–H groups in total. The molecule has 1 aromatic rings. The fraction of sp³-hybridized carbons (Fsp3) is 0.538. The molecule has 2 saturated heterocycles. The Morgan fingerprint density at radius 3 is 2.38 bits per heavy atom. The third-order valence-electron chi connectivity index (χ3n) is 3.87. The van der Waals surface area contributed by atoms with Crippen molar-refractivity contribution in [3.05, 3.63) is 24.0 Å². The number of hydrogen-bond acceptors (Lipinski definition) is 5. The van der Waals surface area contributed by atoms with Crippen LogP contribution in [0.5, 0.6) is 0 Å². The van der Waals surface area contributed by atoms with Crippen LogP contribution in [-0.4, -0.2) is 44.8 Å². The van der Waals surface area contributed by atoms with Gasteiger partial charge in [0.1, 0.15) is 10.7 Å². The molecule has 0 atom stereocenters. The van der Waals surface area contributed by atoms with Crippen LogP contribution in [0.4, 0.5) is 10.1 Å². The molecule has 2 aliphatic rings. The van der Waals surface area contributed by atoms with Crippen LogP contribution in [0.2, 0.25) is 0 Å². The van der Waals surface area contributed by atoms with Crippen LogP contribution in [-0.2, 0) is 19.5 Å². The number of nitrogens with zero attached hydrogens (tertiary/aromatic N) is 1. The summed E-state index contributed by atoms with van der Waals surface area (Å²) in [6.07, 6.45) is 0.894. The zero-order valence-electron chi connectivity index (χ0n) is 11.4. The first-order chi connectivity index (χ1) is 9.93. The number of sulfonamides is 1. The zero-order valence-corrected chi connectivity index (χ0v) is 12.2. The summed E-state index contributed by atoms with van der Waals surface area (Å²) in [5.41, 5.74) is 5.64. The van der Waals surface area contributed by atoms with E-state index in [-0.39, 0.29) is 23.7 Å². The maximum absolute atomic E-state index is 13.9. The van der Waals surface area contributed by atoms with Gasteiger partial charge in [0.25, 0.3) is 0 Å². The summed E-state index contributed by atoms with van der Waals surface area (Å²) in [4.78, 5) is -0.346. The van der Waals surface area contributed by atoms with Crippen molar-refractivity contribution in [1.82, 2.24) is 4.31 Å². The fourth-order valence-corrected chi connectivity index (χ4v) is 4.21. The van der Waals surface area contributed by atoms with Crippen LogP contribution in [0.25, 0.3) is 0 Å². The predicted molar refractivity (Wildman–Crippen MR) is 73.4 cm³/mol. The Kier molecular flexibility index (Phi) is 3.64. The molecule has 0 aliphatic carbocycles. The molecule has 1 aromatic carbocycles. The van der Waals surface area contributed by atoms with Crippen molar-refractivity contribution in [2.45, 2.75) is 23.5 Å². The highest BCUT2D eigenvalue weighted by Crippen LogP contribution is 2.33. The first kappa shape index (κ1) is 14.7. The fourth-order valence-electron chi connectivity index (χ4n) is 2.72. The molecule has 116 valence electrons. The normalized spacial score (nSPS) is 22.7. The number of anilines is 1. The second-order valence-corrected chi connectivity index (χ2v) is 7.11. The van der Waals surface area contributed by atoms with Crippen LogP contribution in [0.15, 0.2) is 23.1 Å². The van der Waals surface area contributed by atoms with E-state index >= 15 is 0 Å². The Balaban J connectivity index is 1.80. The van der Waals surface area contributed by atoms with Crippen molar-refractivity contribution in [2.24, 2.45) is 0 Å². The van der Waals surface area contributed by atoms with Crippen molar-refractivity contribution in [1.29, 1.82) is 0 Å². The Labute approximate surface area is 122 Å². The Bertz CT molecular complexity index is 634. The SMILES string of the molecule is Nc1ccc(S(=O)(=O)N2CCC3(CC2)OCCO3)c(F)c1. The number of benzene rings is 1. The maximum atomic E-state index is 13.9. The molecule has 21 heavy (non-hydrogen) atoms. The molecular formula is C13H17FN2O4S. The van der Waals surface area contributed by atoms with E-state index in [1.807, 2.05) is 0 Å². The molecule has 0 radical (unpaired) electrons. The van der Waals surface area contributed by atoms with Crippen LogP contribution in [0.3, 0.4) is 0 Å². The summed E-state index contributed by atoms with van der Waals surface area (Å²) in [6, 6.07) is 3.60. The molecule has 0 saturated carbocycles. The third kappa shape index (κ3) is 2.64. The quantitative estimate of drug-likeness (QED) is 0.821. The van der Waals surface area contributed by atoms with Gasteiger partial charge < -0.3 is 15.2 Å². The van der Waals surface area contributed by atoms with Gasteiger partial charge in [0.2, 0.25) is 10.0 Å². The number of rotatable bonds is 2. The number of nitrogens with two attached hydrogens (primary N) is 1. The third-order valence-corrected chi connectivity index (χ3v) is 5.80. The number of hydrogen-bond donors (Lipinski definition) is 1. The summed E-state index contributed by atoms with van der Waals surface area (Å²) in [5.74, 6) is -1.49. The summed E-state index contributed by atoms with van der Waals surface area (Å²) in [7, 11) is -3.86. The van der Waals surface area contributed by atoms with E-state index in [1.165, 1.54) is 16.4 Å². The second kappa shape index (κ2) is 5.20. The Morgan fingerprint density at radius 2 is 1.81 bits per heavy atom. The van der Waals surface area contributed by atoms with E-state index in [0.29, 0.717) is 26.1 Å². The molecule has 2 aliphatic heterocycles. The lowest BCUT2D eigenvalue weighted by molar-refractivity contribution is -0.179. The summed E-state index contributed by atoms with van der Waals surface area (Å²) in [5, 5.41) is 0. The first-order valence-corrected chi connectivity index (χ1v) is 8.20. The standard InChI is InChI=1S/C13H17FN2O4S/c14-11-9-10(15)1-2-12(11)21(17,18)16-5-3-13(4-6-16)19-7-8-20-13/h1-2,9H,3-8,15H2. The van der Waals surface area contributed by atoms with Gasteiger partial charge in [-0.3, -0.25) is 0 Å². The van der Waals surface area contributed by atoms with Crippen LogP contribution >= 0.6 is 0 Å². The average molecular weight is 316 g/mol. The van der Waals surface area contributed by atoms with Crippen LogP contribution in [0.1, 0.15) is 12.8 Å². The summed E-state index contributed by atoms with van der Waals surface area (Å²) >= 11 is 0. The highest BCUT2D eigenvalue weighted by Gasteiger charge is 2.43.